The predicted octanol–water partition coefficient (Wildman–Crippen LogP) is 2.91. The van der Waals surface area contributed by atoms with Crippen molar-refractivity contribution in [2.24, 2.45) is 0 Å². The minimum Gasteiger partial charge on any atom is -0.478 e. The number of carboxylic acids is 2. The molecule has 1 aromatic heterocycles. The zero-order chi connectivity index (χ0) is 18.0. The van der Waals surface area contributed by atoms with Crippen molar-refractivity contribution in [3.8, 4) is 5.75 Å². The molecule has 0 aliphatic rings. The Kier molecular flexibility index (Phi) is 4.43. The molecule has 2 aromatic carbocycles. The summed E-state index contributed by atoms with van der Waals surface area (Å²) in [7, 11) is 0. The molecule has 0 aliphatic carbocycles. The smallest absolute Gasteiger partial charge is 0.356 e. The van der Waals surface area contributed by atoms with Gasteiger partial charge in [0.15, 0.2) is 0 Å². The maximum atomic E-state index is 11.1. The lowest BCUT2D eigenvalue weighted by Crippen LogP contribution is -2.35. The molecule has 0 aliphatic heterocycles. The van der Waals surface area contributed by atoms with E-state index in [0.29, 0.717) is 11.9 Å². The van der Waals surface area contributed by atoms with Crippen molar-refractivity contribution >= 4 is 22.8 Å². The molecule has 128 valence electrons. The van der Waals surface area contributed by atoms with Gasteiger partial charge in [0.1, 0.15) is 5.75 Å². The van der Waals surface area contributed by atoms with Crippen molar-refractivity contribution in [3.05, 3.63) is 65.9 Å². The fourth-order valence-electron chi connectivity index (χ4n) is 2.80. The maximum absolute atomic E-state index is 11.1. The van der Waals surface area contributed by atoms with Crippen LogP contribution in [0.15, 0.2) is 54.6 Å². The highest BCUT2D eigenvalue weighted by Crippen LogP contribution is 2.30. The predicted molar refractivity (Wildman–Crippen MR) is 91.9 cm³/mol. The normalized spacial score (nSPS) is 11.0. The third-order valence-corrected chi connectivity index (χ3v) is 3.99. The lowest BCUT2D eigenvalue weighted by atomic mass is 10.2. The Bertz CT molecular complexity index is 916. The summed E-state index contributed by atoms with van der Waals surface area (Å²) in [4.78, 5) is 22.2. The van der Waals surface area contributed by atoms with Gasteiger partial charge in [0.05, 0.1) is 5.52 Å². The van der Waals surface area contributed by atoms with Crippen molar-refractivity contribution in [1.29, 1.82) is 0 Å². The van der Waals surface area contributed by atoms with E-state index in [2.05, 4.69) is 4.57 Å². The lowest BCUT2D eigenvalue weighted by Gasteiger charge is -2.12. The molecule has 0 atom stereocenters. The zero-order valence-electron chi connectivity index (χ0n) is 13.5. The first kappa shape index (κ1) is 16.6. The first-order valence-electron chi connectivity index (χ1n) is 7.72. The Balaban J connectivity index is 2.02. The molecule has 6 nitrogen and oxygen atoms in total. The second kappa shape index (κ2) is 6.68. The van der Waals surface area contributed by atoms with Gasteiger partial charge in [-0.1, -0.05) is 36.4 Å². The molecule has 3 aromatic rings. The molecule has 0 radical (unpaired) electrons. The van der Waals surface area contributed by atoms with E-state index in [1.54, 1.807) is 12.1 Å². The average Bonchev–Trinajstić information content (AvgIpc) is 2.89. The highest BCUT2D eigenvalue weighted by Gasteiger charge is 2.28. The summed E-state index contributed by atoms with van der Waals surface area (Å²) in [5.41, 5.74) is 2.95. The number of hydrogen-bond donors (Lipinski definition) is 2. The van der Waals surface area contributed by atoms with E-state index < -0.39 is 18.0 Å². The summed E-state index contributed by atoms with van der Waals surface area (Å²) in [6, 6.07) is 17.0. The number of ether oxygens (including phenoxy) is 1. The first-order valence-corrected chi connectivity index (χ1v) is 7.72. The van der Waals surface area contributed by atoms with Crippen LogP contribution >= 0.6 is 0 Å². The van der Waals surface area contributed by atoms with Gasteiger partial charge in [-0.15, -0.1) is 0 Å². The van der Waals surface area contributed by atoms with Crippen LogP contribution in [0.25, 0.3) is 10.9 Å². The molecule has 0 saturated carbocycles. The molecule has 25 heavy (non-hydrogen) atoms. The molecule has 0 saturated heterocycles. The lowest BCUT2D eigenvalue weighted by molar-refractivity contribution is -0.158. The summed E-state index contributed by atoms with van der Waals surface area (Å²) in [5, 5.41) is 18.7. The summed E-state index contributed by atoms with van der Waals surface area (Å²) in [6.07, 6.45) is -1.94. The van der Waals surface area contributed by atoms with E-state index in [0.717, 1.165) is 16.8 Å². The fraction of sp³-hybridized carbons (Fsp3) is 0.158. The molecular formula is C19H17NO5. The minimum absolute atomic E-state index is 0.238. The molecule has 6 heteroatoms. The van der Waals surface area contributed by atoms with Crippen molar-refractivity contribution in [2.75, 3.05) is 0 Å². The van der Waals surface area contributed by atoms with Gasteiger partial charge < -0.3 is 19.5 Å². The van der Waals surface area contributed by atoms with E-state index in [9.17, 15) is 9.59 Å². The summed E-state index contributed by atoms with van der Waals surface area (Å²) in [5.74, 6) is -2.84. The topological polar surface area (TPSA) is 88.8 Å². The standard InChI is InChI=1S/C19H17NO5/c1-12-10-14-15(20(12)11-13-6-3-2-4-7-13)8-5-9-16(14)25-17(18(21)22)19(23)24/h2-10,17H,11H2,1H3,(H,21,22)(H,23,24). The molecule has 0 unspecified atom stereocenters. The maximum Gasteiger partial charge on any atom is 0.356 e. The van der Waals surface area contributed by atoms with Gasteiger partial charge in [-0.25, -0.2) is 9.59 Å². The van der Waals surface area contributed by atoms with E-state index >= 15 is 0 Å². The highest BCUT2D eigenvalue weighted by atomic mass is 16.5. The Labute approximate surface area is 143 Å². The summed E-state index contributed by atoms with van der Waals surface area (Å²) >= 11 is 0. The van der Waals surface area contributed by atoms with Gasteiger partial charge >= 0.3 is 11.9 Å². The molecule has 2 N–H and O–H groups in total. The highest BCUT2D eigenvalue weighted by molar-refractivity contribution is 5.97. The molecule has 0 spiro atoms. The molecule has 0 amide bonds. The molecule has 1 heterocycles. The third kappa shape index (κ3) is 3.33. The number of aryl methyl sites for hydroxylation is 1. The molecule has 0 bridgehead atoms. The van der Waals surface area contributed by atoms with Gasteiger partial charge in [0.25, 0.3) is 6.10 Å². The summed E-state index contributed by atoms with van der Waals surface area (Å²) < 4.78 is 7.33. The molecular weight excluding hydrogens is 322 g/mol. The van der Waals surface area contributed by atoms with Crippen molar-refractivity contribution in [1.82, 2.24) is 4.57 Å². The van der Waals surface area contributed by atoms with Crippen LogP contribution in [0, 0.1) is 6.92 Å². The van der Waals surface area contributed by atoms with Crippen LogP contribution in [0.2, 0.25) is 0 Å². The number of aliphatic carboxylic acids is 2. The van der Waals surface area contributed by atoms with Gasteiger partial charge in [-0.05, 0) is 30.7 Å². The first-order chi connectivity index (χ1) is 12.0. The third-order valence-electron chi connectivity index (χ3n) is 3.99. The zero-order valence-corrected chi connectivity index (χ0v) is 13.5. The average molecular weight is 339 g/mol. The van der Waals surface area contributed by atoms with Crippen LogP contribution in [0.4, 0.5) is 0 Å². The quantitative estimate of drug-likeness (QED) is 0.674. The second-order valence-electron chi connectivity index (χ2n) is 5.72. The van der Waals surface area contributed by atoms with Gasteiger partial charge in [0, 0.05) is 17.6 Å². The Morgan fingerprint density at radius 2 is 1.72 bits per heavy atom. The van der Waals surface area contributed by atoms with E-state index in [4.69, 9.17) is 14.9 Å². The van der Waals surface area contributed by atoms with Crippen molar-refractivity contribution < 1.29 is 24.5 Å². The van der Waals surface area contributed by atoms with Crippen molar-refractivity contribution in [2.45, 2.75) is 19.6 Å². The Morgan fingerprint density at radius 3 is 2.36 bits per heavy atom. The number of carboxylic acid groups (broad SMARTS) is 2. The second-order valence-corrected chi connectivity index (χ2v) is 5.72. The minimum atomic E-state index is -1.94. The van der Waals surface area contributed by atoms with Crippen LogP contribution in [0.1, 0.15) is 11.3 Å². The Morgan fingerprint density at radius 1 is 1.04 bits per heavy atom. The molecule has 3 rings (SSSR count). The van der Waals surface area contributed by atoms with Crippen LogP contribution < -0.4 is 4.74 Å². The van der Waals surface area contributed by atoms with Gasteiger partial charge in [-0.2, -0.15) is 0 Å². The van der Waals surface area contributed by atoms with E-state index in [1.807, 2.05) is 49.4 Å². The number of carbonyl (C=O) groups is 2. The number of fused-ring (bicyclic) bond motifs is 1. The number of aromatic nitrogens is 1. The van der Waals surface area contributed by atoms with Crippen LogP contribution in [0.5, 0.6) is 5.75 Å². The SMILES string of the molecule is Cc1cc2c(OC(C(=O)O)C(=O)O)cccc2n1Cc1ccccc1. The van der Waals surface area contributed by atoms with Crippen molar-refractivity contribution in [3.63, 3.8) is 0 Å². The Hall–Kier alpha value is -3.28. The fourth-order valence-corrected chi connectivity index (χ4v) is 2.80. The monoisotopic (exact) mass is 339 g/mol. The number of hydrogen-bond acceptors (Lipinski definition) is 3. The van der Waals surface area contributed by atoms with E-state index in [-0.39, 0.29) is 5.75 Å². The van der Waals surface area contributed by atoms with Crippen LogP contribution in [-0.2, 0) is 16.1 Å². The number of nitrogens with zero attached hydrogens (tertiary/aromatic N) is 1. The van der Waals surface area contributed by atoms with Crippen LogP contribution in [0.3, 0.4) is 0 Å². The summed E-state index contributed by atoms with van der Waals surface area (Å²) in [6.45, 7) is 2.60. The van der Waals surface area contributed by atoms with Gasteiger partial charge in [-0.3, -0.25) is 0 Å². The largest absolute Gasteiger partial charge is 0.478 e. The van der Waals surface area contributed by atoms with Gasteiger partial charge in [0.2, 0.25) is 0 Å². The van der Waals surface area contributed by atoms with Crippen LogP contribution in [-0.4, -0.2) is 32.8 Å². The molecule has 0 fully saturated rings. The number of benzene rings is 2. The van der Waals surface area contributed by atoms with E-state index in [1.165, 1.54) is 0 Å². The number of rotatable bonds is 6.